The van der Waals surface area contributed by atoms with E-state index in [0.29, 0.717) is 32.0 Å². The SMILES string of the molecule is COc1cc(C(F)(F)F)cnc1N1CCN(C(=O)CCOCCNC(=O)OC(C)(C)C)CC1. The zero-order chi connectivity index (χ0) is 24.6. The number of ether oxygens (including phenoxy) is 3. The maximum atomic E-state index is 12.9. The fourth-order valence-electron chi connectivity index (χ4n) is 3.11. The molecule has 1 N–H and O–H groups in total. The van der Waals surface area contributed by atoms with Crippen LogP contribution in [-0.2, 0) is 20.4 Å². The van der Waals surface area contributed by atoms with Crippen molar-refractivity contribution in [1.29, 1.82) is 0 Å². The van der Waals surface area contributed by atoms with Gasteiger partial charge >= 0.3 is 12.3 Å². The number of halogens is 3. The van der Waals surface area contributed by atoms with Gasteiger partial charge in [-0.2, -0.15) is 13.2 Å². The molecule has 0 bridgehead atoms. The molecule has 2 rings (SSSR count). The van der Waals surface area contributed by atoms with E-state index in [1.165, 1.54) is 7.11 Å². The number of amides is 2. The summed E-state index contributed by atoms with van der Waals surface area (Å²) in [4.78, 5) is 31.3. The molecule has 0 spiro atoms. The molecule has 0 atom stereocenters. The van der Waals surface area contributed by atoms with Crippen molar-refractivity contribution >= 4 is 17.8 Å². The molecule has 2 heterocycles. The number of nitrogens with zero attached hydrogens (tertiary/aromatic N) is 3. The van der Waals surface area contributed by atoms with Crippen LogP contribution in [0.2, 0.25) is 0 Å². The van der Waals surface area contributed by atoms with Crippen LogP contribution in [0.25, 0.3) is 0 Å². The van der Waals surface area contributed by atoms with Gasteiger partial charge in [-0.3, -0.25) is 4.79 Å². The Kier molecular flexibility index (Phi) is 9.15. The third-order valence-electron chi connectivity index (χ3n) is 4.69. The van der Waals surface area contributed by atoms with Crippen molar-refractivity contribution in [2.75, 3.05) is 57.9 Å². The Morgan fingerprint density at radius 1 is 1.12 bits per heavy atom. The molecule has 1 aliphatic heterocycles. The molecule has 1 saturated heterocycles. The summed E-state index contributed by atoms with van der Waals surface area (Å²) in [5, 5.41) is 2.57. The molecular formula is C21H31F3N4O5. The molecule has 0 aromatic carbocycles. The van der Waals surface area contributed by atoms with Crippen molar-refractivity contribution in [2.24, 2.45) is 0 Å². The van der Waals surface area contributed by atoms with Gasteiger partial charge in [-0.25, -0.2) is 9.78 Å². The number of hydrogen-bond donors (Lipinski definition) is 1. The van der Waals surface area contributed by atoms with Crippen LogP contribution in [0.3, 0.4) is 0 Å². The van der Waals surface area contributed by atoms with E-state index in [2.05, 4.69) is 10.3 Å². The van der Waals surface area contributed by atoms with E-state index in [1.54, 1.807) is 30.6 Å². The van der Waals surface area contributed by atoms with Crippen LogP contribution in [0.5, 0.6) is 5.75 Å². The lowest BCUT2D eigenvalue weighted by Gasteiger charge is -2.36. The number of pyridine rings is 1. The van der Waals surface area contributed by atoms with Gasteiger partial charge in [0.1, 0.15) is 5.60 Å². The van der Waals surface area contributed by atoms with Crippen LogP contribution in [-0.4, -0.2) is 80.5 Å². The first-order valence-electron chi connectivity index (χ1n) is 10.6. The van der Waals surface area contributed by atoms with E-state index >= 15 is 0 Å². The fraction of sp³-hybridized carbons (Fsp3) is 0.667. The van der Waals surface area contributed by atoms with E-state index in [1.807, 2.05) is 0 Å². The molecule has 12 heteroatoms. The van der Waals surface area contributed by atoms with Crippen molar-refractivity contribution in [3.05, 3.63) is 17.8 Å². The maximum absolute atomic E-state index is 12.9. The normalized spacial score (nSPS) is 14.8. The van der Waals surface area contributed by atoms with Crippen molar-refractivity contribution in [3.63, 3.8) is 0 Å². The lowest BCUT2D eigenvalue weighted by molar-refractivity contribution is -0.138. The molecule has 2 amide bonds. The highest BCUT2D eigenvalue weighted by Gasteiger charge is 2.33. The minimum absolute atomic E-state index is 0.0398. The third-order valence-corrected chi connectivity index (χ3v) is 4.69. The molecule has 1 aliphatic rings. The second-order valence-electron chi connectivity index (χ2n) is 8.41. The number of aromatic nitrogens is 1. The monoisotopic (exact) mass is 476 g/mol. The van der Waals surface area contributed by atoms with Gasteiger partial charge in [-0.05, 0) is 26.8 Å². The zero-order valence-corrected chi connectivity index (χ0v) is 19.3. The number of carbonyl (C=O) groups excluding carboxylic acids is 2. The molecule has 0 aliphatic carbocycles. The molecule has 33 heavy (non-hydrogen) atoms. The average Bonchev–Trinajstić information content (AvgIpc) is 2.73. The molecule has 1 aromatic heterocycles. The highest BCUT2D eigenvalue weighted by atomic mass is 19.4. The smallest absolute Gasteiger partial charge is 0.418 e. The predicted molar refractivity (Wildman–Crippen MR) is 114 cm³/mol. The van der Waals surface area contributed by atoms with Gasteiger partial charge in [0, 0.05) is 38.9 Å². The number of nitrogens with one attached hydrogen (secondary N) is 1. The van der Waals surface area contributed by atoms with Crippen LogP contribution in [0.15, 0.2) is 12.3 Å². The van der Waals surface area contributed by atoms with E-state index in [9.17, 15) is 22.8 Å². The van der Waals surface area contributed by atoms with Crippen molar-refractivity contribution < 1.29 is 37.0 Å². The Morgan fingerprint density at radius 2 is 1.79 bits per heavy atom. The maximum Gasteiger partial charge on any atom is 0.418 e. The summed E-state index contributed by atoms with van der Waals surface area (Å²) < 4.78 is 54.3. The van der Waals surface area contributed by atoms with Crippen LogP contribution in [0.4, 0.5) is 23.8 Å². The quantitative estimate of drug-likeness (QED) is 0.577. The van der Waals surface area contributed by atoms with Gasteiger partial charge < -0.3 is 29.3 Å². The fourth-order valence-corrected chi connectivity index (χ4v) is 3.11. The van der Waals surface area contributed by atoms with Gasteiger partial charge in [-0.1, -0.05) is 0 Å². The van der Waals surface area contributed by atoms with E-state index in [4.69, 9.17) is 14.2 Å². The number of hydrogen-bond acceptors (Lipinski definition) is 7. The number of anilines is 1. The lowest BCUT2D eigenvalue weighted by atomic mass is 10.2. The molecule has 186 valence electrons. The Hall–Kier alpha value is -2.76. The molecular weight excluding hydrogens is 445 g/mol. The number of methoxy groups -OCH3 is 1. The first-order valence-corrected chi connectivity index (χ1v) is 10.6. The van der Waals surface area contributed by atoms with Gasteiger partial charge in [0.2, 0.25) is 5.91 Å². The summed E-state index contributed by atoms with van der Waals surface area (Å²) >= 11 is 0. The second kappa shape index (κ2) is 11.4. The van der Waals surface area contributed by atoms with E-state index in [0.717, 1.165) is 12.3 Å². The summed E-state index contributed by atoms with van der Waals surface area (Å²) in [6.45, 7) is 7.69. The van der Waals surface area contributed by atoms with Crippen molar-refractivity contribution in [2.45, 2.75) is 39.0 Å². The zero-order valence-electron chi connectivity index (χ0n) is 19.3. The van der Waals surface area contributed by atoms with Gasteiger partial charge in [0.15, 0.2) is 11.6 Å². The average molecular weight is 476 g/mol. The summed E-state index contributed by atoms with van der Waals surface area (Å²) in [6, 6.07) is 0.925. The number of carbonyl (C=O) groups is 2. The Labute approximate surface area is 191 Å². The number of alkyl halides is 3. The molecule has 0 saturated carbocycles. The molecule has 1 aromatic rings. The predicted octanol–water partition coefficient (Wildman–Crippen LogP) is 2.69. The van der Waals surface area contributed by atoms with Gasteiger partial charge in [-0.15, -0.1) is 0 Å². The van der Waals surface area contributed by atoms with Crippen molar-refractivity contribution in [3.8, 4) is 5.75 Å². The van der Waals surface area contributed by atoms with Crippen LogP contribution in [0, 0.1) is 0 Å². The topological polar surface area (TPSA) is 93.2 Å². The van der Waals surface area contributed by atoms with Crippen molar-refractivity contribution in [1.82, 2.24) is 15.2 Å². The number of alkyl carbamates (subject to hydrolysis) is 1. The lowest BCUT2D eigenvalue weighted by Crippen LogP contribution is -2.49. The van der Waals surface area contributed by atoms with E-state index in [-0.39, 0.29) is 37.8 Å². The Balaban J connectivity index is 1.71. The minimum Gasteiger partial charge on any atom is -0.493 e. The second-order valence-corrected chi connectivity index (χ2v) is 8.41. The third kappa shape index (κ3) is 8.60. The summed E-state index contributed by atoms with van der Waals surface area (Å²) in [6.07, 6.45) is -4.06. The number of piperazine rings is 1. The first-order chi connectivity index (χ1) is 15.4. The summed E-state index contributed by atoms with van der Waals surface area (Å²) in [5.41, 5.74) is -1.45. The Bertz CT molecular complexity index is 806. The summed E-state index contributed by atoms with van der Waals surface area (Å²) in [5.74, 6) is 0.276. The Morgan fingerprint density at radius 3 is 2.36 bits per heavy atom. The molecule has 0 unspecified atom stereocenters. The minimum atomic E-state index is -4.50. The standard InChI is InChI=1S/C21H31F3N4O5/c1-20(2,3)33-19(30)25-6-12-32-11-5-17(29)27-7-9-28(10-8-27)18-16(31-4)13-15(14-26-18)21(22,23)24/h13-14H,5-12H2,1-4H3,(H,25,30). The van der Waals surface area contributed by atoms with Crippen LogP contribution < -0.4 is 15.0 Å². The highest BCUT2D eigenvalue weighted by molar-refractivity contribution is 5.76. The first kappa shape index (κ1) is 26.5. The number of rotatable bonds is 8. The van der Waals surface area contributed by atoms with Gasteiger partial charge in [0.25, 0.3) is 0 Å². The van der Waals surface area contributed by atoms with Crippen LogP contribution >= 0.6 is 0 Å². The summed E-state index contributed by atoms with van der Waals surface area (Å²) in [7, 11) is 1.30. The molecule has 9 nitrogen and oxygen atoms in total. The van der Waals surface area contributed by atoms with E-state index < -0.39 is 23.4 Å². The van der Waals surface area contributed by atoms with Gasteiger partial charge in [0.05, 0.1) is 32.3 Å². The largest absolute Gasteiger partial charge is 0.493 e. The molecule has 1 fully saturated rings. The van der Waals surface area contributed by atoms with Crippen LogP contribution in [0.1, 0.15) is 32.8 Å². The molecule has 0 radical (unpaired) electrons. The highest BCUT2D eigenvalue weighted by Crippen LogP contribution is 2.35.